The second-order valence-corrected chi connectivity index (χ2v) is 8.11. The van der Waals surface area contributed by atoms with Gasteiger partial charge < -0.3 is 14.2 Å². The van der Waals surface area contributed by atoms with Crippen LogP contribution in [0.2, 0.25) is 5.02 Å². The molecule has 0 aromatic heterocycles. The van der Waals surface area contributed by atoms with Crippen molar-refractivity contribution >= 4 is 46.3 Å². The van der Waals surface area contributed by atoms with E-state index >= 15 is 0 Å². The molecule has 0 unspecified atom stereocenters. The van der Waals surface area contributed by atoms with Crippen LogP contribution in [0.4, 0.5) is 0 Å². The molecule has 0 radical (unpaired) electrons. The molecule has 0 saturated heterocycles. The van der Waals surface area contributed by atoms with Gasteiger partial charge in [-0.1, -0.05) is 48.0 Å². The summed E-state index contributed by atoms with van der Waals surface area (Å²) in [5.74, 6) is 1.48. The minimum Gasteiger partial charge on any atom is -0.490 e. The summed E-state index contributed by atoms with van der Waals surface area (Å²) in [4.78, 5) is 11.9. The molecule has 0 bridgehead atoms. The van der Waals surface area contributed by atoms with Gasteiger partial charge in [0.05, 0.1) is 16.4 Å². The number of para-hydroxylation sites is 1. The van der Waals surface area contributed by atoms with Gasteiger partial charge in [-0.05, 0) is 65.4 Å². The summed E-state index contributed by atoms with van der Waals surface area (Å²) >= 11 is 8.40. The number of hydrogen-bond acceptors (Lipinski definition) is 5. The van der Waals surface area contributed by atoms with Gasteiger partial charge in [-0.3, -0.25) is 4.79 Å². The third-order valence-corrected chi connectivity index (χ3v) is 5.35. The summed E-state index contributed by atoms with van der Waals surface area (Å²) in [7, 11) is 0. The maximum Gasteiger partial charge on any atom is 0.277 e. The van der Waals surface area contributed by atoms with E-state index in [1.807, 2.05) is 61.5 Å². The van der Waals surface area contributed by atoms with Crippen molar-refractivity contribution in [3.8, 4) is 17.2 Å². The molecule has 0 saturated carbocycles. The Kier molecular flexibility index (Phi) is 9.18. The minimum absolute atomic E-state index is 0.127. The summed E-state index contributed by atoms with van der Waals surface area (Å²) in [6.45, 7) is 2.57. The van der Waals surface area contributed by atoms with Crippen LogP contribution in [0, 0.1) is 3.57 Å². The maximum absolute atomic E-state index is 11.9. The smallest absolute Gasteiger partial charge is 0.277 e. The molecule has 8 heteroatoms. The van der Waals surface area contributed by atoms with Gasteiger partial charge in [-0.25, -0.2) is 5.43 Å². The first-order chi connectivity index (χ1) is 15.6. The predicted molar refractivity (Wildman–Crippen MR) is 134 cm³/mol. The Morgan fingerprint density at radius 1 is 1.06 bits per heavy atom. The van der Waals surface area contributed by atoms with E-state index in [2.05, 4.69) is 33.1 Å². The summed E-state index contributed by atoms with van der Waals surface area (Å²) in [6, 6.07) is 20.3. The lowest BCUT2D eigenvalue weighted by Crippen LogP contribution is -2.24. The number of hydrazone groups is 1. The fourth-order valence-electron chi connectivity index (χ4n) is 2.71. The first kappa shape index (κ1) is 23.9. The van der Waals surface area contributed by atoms with E-state index in [9.17, 15) is 4.79 Å². The van der Waals surface area contributed by atoms with Gasteiger partial charge in [0, 0.05) is 10.6 Å². The zero-order chi connectivity index (χ0) is 22.8. The third kappa shape index (κ3) is 7.13. The Balaban J connectivity index is 1.62. The van der Waals surface area contributed by atoms with E-state index in [0.29, 0.717) is 35.5 Å². The van der Waals surface area contributed by atoms with Crippen LogP contribution >= 0.6 is 34.2 Å². The van der Waals surface area contributed by atoms with Crippen molar-refractivity contribution in [1.29, 1.82) is 0 Å². The number of hydrogen-bond donors (Lipinski definition) is 1. The average molecular weight is 565 g/mol. The highest BCUT2D eigenvalue weighted by atomic mass is 127. The number of ether oxygens (including phenoxy) is 3. The quantitative estimate of drug-likeness (QED) is 0.202. The van der Waals surface area contributed by atoms with Gasteiger partial charge in [-0.2, -0.15) is 5.10 Å². The highest BCUT2D eigenvalue weighted by Crippen LogP contribution is 2.35. The minimum atomic E-state index is -0.357. The Bertz CT molecular complexity index is 1080. The molecule has 166 valence electrons. The standard InChI is InChI=1S/C24H22ClIN2O4/c1-2-30-22-13-17(14-27-28-23(29)16-31-19-9-4-3-5-10-19)12-21(26)24(22)32-15-18-8-6-7-11-20(18)25/h3-14H,2,15-16H2,1H3,(H,28,29)/b27-14-. The normalized spacial score (nSPS) is 10.7. The van der Waals surface area contributed by atoms with E-state index in [0.717, 1.165) is 14.7 Å². The number of amides is 1. The van der Waals surface area contributed by atoms with Crippen LogP contribution in [0.25, 0.3) is 0 Å². The number of carbonyl (C=O) groups excluding carboxylic acids is 1. The van der Waals surface area contributed by atoms with Gasteiger partial charge in [0.25, 0.3) is 5.91 Å². The van der Waals surface area contributed by atoms with Gasteiger partial charge in [-0.15, -0.1) is 0 Å². The van der Waals surface area contributed by atoms with Crippen molar-refractivity contribution in [1.82, 2.24) is 5.43 Å². The van der Waals surface area contributed by atoms with Gasteiger partial charge in [0.15, 0.2) is 18.1 Å². The monoisotopic (exact) mass is 564 g/mol. The molecule has 32 heavy (non-hydrogen) atoms. The maximum atomic E-state index is 11.9. The molecular formula is C24H22ClIN2O4. The lowest BCUT2D eigenvalue weighted by atomic mass is 10.2. The molecule has 0 aliphatic rings. The molecule has 0 atom stereocenters. The van der Waals surface area contributed by atoms with Crippen molar-refractivity contribution in [3.63, 3.8) is 0 Å². The number of rotatable bonds is 10. The summed E-state index contributed by atoms with van der Waals surface area (Å²) in [6.07, 6.45) is 1.54. The molecule has 3 aromatic carbocycles. The Morgan fingerprint density at radius 3 is 2.56 bits per heavy atom. The fourth-order valence-corrected chi connectivity index (χ4v) is 3.68. The molecule has 1 N–H and O–H groups in total. The topological polar surface area (TPSA) is 69.2 Å². The van der Waals surface area contributed by atoms with E-state index in [-0.39, 0.29) is 12.5 Å². The van der Waals surface area contributed by atoms with E-state index < -0.39 is 0 Å². The number of nitrogens with one attached hydrogen (secondary N) is 1. The first-order valence-electron chi connectivity index (χ1n) is 9.89. The van der Waals surface area contributed by atoms with Gasteiger partial charge in [0.2, 0.25) is 0 Å². The number of nitrogens with zero attached hydrogens (tertiary/aromatic N) is 1. The molecule has 0 fully saturated rings. The molecule has 6 nitrogen and oxygen atoms in total. The average Bonchev–Trinajstić information content (AvgIpc) is 2.79. The molecule has 0 aliphatic carbocycles. The van der Waals surface area contributed by atoms with Crippen LogP contribution in [0.3, 0.4) is 0 Å². The van der Waals surface area contributed by atoms with Crippen molar-refractivity contribution in [2.45, 2.75) is 13.5 Å². The lowest BCUT2D eigenvalue weighted by molar-refractivity contribution is -0.123. The molecule has 0 heterocycles. The number of benzene rings is 3. The van der Waals surface area contributed by atoms with E-state index in [1.54, 1.807) is 18.3 Å². The van der Waals surface area contributed by atoms with Crippen LogP contribution in [0.15, 0.2) is 71.8 Å². The Hall–Kier alpha value is -2.78. The Labute approximate surface area is 205 Å². The van der Waals surface area contributed by atoms with Gasteiger partial charge in [0.1, 0.15) is 12.4 Å². The van der Waals surface area contributed by atoms with Crippen molar-refractivity contribution in [3.05, 3.63) is 86.4 Å². The predicted octanol–water partition coefficient (Wildman–Crippen LogP) is 5.45. The second kappa shape index (κ2) is 12.3. The molecular weight excluding hydrogens is 543 g/mol. The molecule has 0 spiro atoms. The van der Waals surface area contributed by atoms with E-state index in [4.69, 9.17) is 25.8 Å². The highest BCUT2D eigenvalue weighted by molar-refractivity contribution is 14.1. The summed E-state index contributed by atoms with van der Waals surface area (Å²) < 4.78 is 18.0. The summed E-state index contributed by atoms with van der Waals surface area (Å²) in [5.41, 5.74) is 4.10. The molecule has 3 rings (SSSR count). The van der Waals surface area contributed by atoms with Crippen molar-refractivity contribution in [2.24, 2.45) is 5.10 Å². The fraction of sp³-hybridized carbons (Fsp3) is 0.167. The van der Waals surface area contributed by atoms with Crippen LogP contribution in [-0.4, -0.2) is 25.3 Å². The van der Waals surface area contributed by atoms with Crippen LogP contribution in [-0.2, 0) is 11.4 Å². The van der Waals surface area contributed by atoms with Crippen LogP contribution in [0.1, 0.15) is 18.1 Å². The SMILES string of the molecule is CCOc1cc(/C=N\NC(=O)COc2ccccc2)cc(I)c1OCc1ccccc1Cl. The Morgan fingerprint density at radius 2 is 1.81 bits per heavy atom. The van der Waals surface area contributed by atoms with Crippen LogP contribution in [0.5, 0.6) is 17.2 Å². The second-order valence-electron chi connectivity index (χ2n) is 6.54. The molecule has 0 aliphatic heterocycles. The van der Waals surface area contributed by atoms with Gasteiger partial charge >= 0.3 is 0 Å². The molecule has 3 aromatic rings. The van der Waals surface area contributed by atoms with Crippen molar-refractivity contribution in [2.75, 3.05) is 13.2 Å². The number of halogens is 2. The lowest BCUT2D eigenvalue weighted by Gasteiger charge is -2.15. The molecule has 1 amide bonds. The first-order valence-corrected chi connectivity index (χ1v) is 11.3. The zero-order valence-electron chi connectivity index (χ0n) is 17.4. The van der Waals surface area contributed by atoms with Crippen LogP contribution < -0.4 is 19.6 Å². The zero-order valence-corrected chi connectivity index (χ0v) is 20.3. The third-order valence-electron chi connectivity index (χ3n) is 4.18. The number of carbonyl (C=O) groups is 1. The summed E-state index contributed by atoms with van der Waals surface area (Å²) in [5, 5.41) is 4.66. The largest absolute Gasteiger partial charge is 0.490 e. The van der Waals surface area contributed by atoms with Crippen molar-refractivity contribution < 1.29 is 19.0 Å². The highest BCUT2D eigenvalue weighted by Gasteiger charge is 2.13. The van der Waals surface area contributed by atoms with E-state index in [1.165, 1.54) is 0 Å².